The number of nitrogens with zero attached hydrogens (tertiary/aromatic N) is 1. The molecule has 2 rings (SSSR count). The van der Waals surface area contributed by atoms with E-state index in [4.69, 9.17) is 10.00 Å². The molecule has 6 heteroatoms. The molecule has 0 amide bonds. The van der Waals surface area contributed by atoms with Crippen molar-refractivity contribution in [3.05, 3.63) is 59.4 Å². The molecule has 21 heavy (non-hydrogen) atoms. The van der Waals surface area contributed by atoms with Gasteiger partial charge in [0.2, 0.25) is 0 Å². The zero-order chi connectivity index (χ0) is 15.2. The van der Waals surface area contributed by atoms with E-state index in [1.54, 1.807) is 24.3 Å². The quantitative estimate of drug-likeness (QED) is 0.856. The van der Waals surface area contributed by atoms with Gasteiger partial charge in [0.15, 0.2) is 24.1 Å². The molecule has 1 N–H and O–H groups in total. The van der Waals surface area contributed by atoms with Crippen molar-refractivity contribution in [1.82, 2.24) is 0 Å². The fourth-order valence-electron chi connectivity index (χ4n) is 1.73. The van der Waals surface area contributed by atoms with E-state index < -0.39 is 17.5 Å². The molecule has 108 valence electrons. The molecule has 2 aromatic rings. The monoisotopic (exact) mass is 292 g/mol. The molecule has 0 aliphatic heterocycles. The molecule has 0 aliphatic carbocycles. The van der Waals surface area contributed by atoms with Crippen LogP contribution in [0.25, 0.3) is 0 Å². The fourth-order valence-corrected chi connectivity index (χ4v) is 1.73. The summed E-state index contributed by atoms with van der Waals surface area (Å²) in [5, 5.41) is 11.4. The highest BCUT2D eigenvalue weighted by Crippen LogP contribution is 2.19. The molecular weight excluding hydrogens is 281 g/mol. The van der Waals surface area contributed by atoms with Gasteiger partial charge in [0.1, 0.15) is 11.8 Å². The maximum Gasteiger partial charge on any atom is 0.194 e. The van der Waals surface area contributed by atoms with Crippen LogP contribution in [0.2, 0.25) is 0 Å². The zero-order valence-corrected chi connectivity index (χ0v) is 10.9. The van der Waals surface area contributed by atoms with Crippen LogP contribution in [0.15, 0.2) is 36.4 Å². The summed E-state index contributed by atoms with van der Waals surface area (Å²) in [5.41, 5.74) is 0.922. The average molecular weight is 292 g/mol. The Balaban J connectivity index is 2.05. The summed E-state index contributed by atoms with van der Waals surface area (Å²) >= 11 is 0. The first kappa shape index (κ1) is 14.7. The SMILES string of the molecule is N#CCOc1cccc(NCc2cc(F)c(F)c(F)c2)c1. The molecule has 0 atom stereocenters. The van der Waals surface area contributed by atoms with Gasteiger partial charge in [-0.25, -0.2) is 13.2 Å². The second kappa shape index (κ2) is 6.66. The molecular formula is C15H11F3N2O. The molecule has 0 aliphatic rings. The highest BCUT2D eigenvalue weighted by Gasteiger charge is 2.10. The number of ether oxygens (including phenoxy) is 1. The Morgan fingerprint density at radius 2 is 1.81 bits per heavy atom. The summed E-state index contributed by atoms with van der Waals surface area (Å²) < 4.78 is 44.1. The molecule has 0 unspecified atom stereocenters. The van der Waals surface area contributed by atoms with Crippen molar-refractivity contribution in [2.75, 3.05) is 11.9 Å². The second-order valence-electron chi connectivity index (χ2n) is 4.20. The Morgan fingerprint density at radius 1 is 1.10 bits per heavy atom. The van der Waals surface area contributed by atoms with Gasteiger partial charge in [0.25, 0.3) is 0 Å². The Kier molecular flexibility index (Phi) is 4.67. The van der Waals surface area contributed by atoms with E-state index in [0.29, 0.717) is 11.4 Å². The van der Waals surface area contributed by atoms with Crippen molar-refractivity contribution in [2.24, 2.45) is 0 Å². The van der Waals surface area contributed by atoms with Crippen LogP contribution in [-0.2, 0) is 6.54 Å². The van der Waals surface area contributed by atoms with Crippen molar-refractivity contribution in [3.63, 3.8) is 0 Å². The fraction of sp³-hybridized carbons (Fsp3) is 0.133. The molecule has 0 radical (unpaired) electrons. The largest absolute Gasteiger partial charge is 0.479 e. The van der Waals surface area contributed by atoms with Crippen molar-refractivity contribution >= 4 is 5.69 Å². The maximum atomic E-state index is 13.1. The van der Waals surface area contributed by atoms with Crippen molar-refractivity contribution in [3.8, 4) is 11.8 Å². The minimum absolute atomic E-state index is 0.0716. The van der Waals surface area contributed by atoms with Gasteiger partial charge in [0, 0.05) is 18.3 Å². The second-order valence-corrected chi connectivity index (χ2v) is 4.20. The first-order chi connectivity index (χ1) is 10.1. The molecule has 0 bridgehead atoms. The van der Waals surface area contributed by atoms with Crippen LogP contribution >= 0.6 is 0 Å². The van der Waals surface area contributed by atoms with E-state index in [2.05, 4.69) is 5.32 Å². The topological polar surface area (TPSA) is 45.0 Å². The molecule has 0 spiro atoms. The summed E-state index contributed by atoms with van der Waals surface area (Å²) in [6.45, 7) is 0.0493. The van der Waals surface area contributed by atoms with Gasteiger partial charge >= 0.3 is 0 Å². The van der Waals surface area contributed by atoms with Gasteiger partial charge in [0.05, 0.1) is 0 Å². The molecule has 0 heterocycles. The Labute approximate surface area is 119 Å². The van der Waals surface area contributed by atoms with Gasteiger partial charge in [-0.05, 0) is 29.8 Å². The predicted molar refractivity (Wildman–Crippen MR) is 71.2 cm³/mol. The summed E-state index contributed by atoms with van der Waals surface area (Å²) in [5.74, 6) is -3.43. The van der Waals surface area contributed by atoms with E-state index in [0.717, 1.165) is 12.1 Å². The lowest BCUT2D eigenvalue weighted by Gasteiger charge is -2.09. The van der Waals surface area contributed by atoms with E-state index in [1.807, 2.05) is 6.07 Å². The first-order valence-corrected chi connectivity index (χ1v) is 6.07. The smallest absolute Gasteiger partial charge is 0.194 e. The van der Waals surface area contributed by atoms with Crippen LogP contribution in [-0.4, -0.2) is 6.61 Å². The standard InChI is InChI=1S/C15H11F3N2O/c16-13-6-10(7-14(17)15(13)18)9-20-11-2-1-3-12(8-11)21-5-4-19/h1-3,6-8,20H,5,9H2. The maximum absolute atomic E-state index is 13.1. The number of anilines is 1. The number of hydrogen-bond donors (Lipinski definition) is 1. The number of nitriles is 1. The third-order valence-corrected chi connectivity index (χ3v) is 2.68. The number of halogens is 3. The van der Waals surface area contributed by atoms with E-state index in [1.165, 1.54) is 0 Å². The van der Waals surface area contributed by atoms with E-state index >= 15 is 0 Å². The minimum Gasteiger partial charge on any atom is -0.479 e. The van der Waals surface area contributed by atoms with Crippen molar-refractivity contribution in [2.45, 2.75) is 6.54 Å². The van der Waals surface area contributed by atoms with Gasteiger partial charge in [-0.2, -0.15) is 5.26 Å². The van der Waals surface area contributed by atoms with Gasteiger partial charge in [-0.3, -0.25) is 0 Å². The summed E-state index contributed by atoms with van der Waals surface area (Å²) in [4.78, 5) is 0. The van der Waals surface area contributed by atoms with Crippen molar-refractivity contribution in [1.29, 1.82) is 5.26 Å². The average Bonchev–Trinajstić information content (AvgIpc) is 2.49. The number of nitrogens with one attached hydrogen (secondary N) is 1. The molecule has 0 aromatic heterocycles. The highest BCUT2D eigenvalue weighted by atomic mass is 19.2. The summed E-state index contributed by atoms with van der Waals surface area (Å²) in [7, 11) is 0. The van der Waals surface area contributed by atoms with Crippen LogP contribution in [0.1, 0.15) is 5.56 Å². The van der Waals surface area contributed by atoms with Crippen LogP contribution in [0.3, 0.4) is 0 Å². The summed E-state index contributed by atoms with van der Waals surface area (Å²) in [6.07, 6.45) is 0. The Morgan fingerprint density at radius 3 is 2.48 bits per heavy atom. The van der Waals surface area contributed by atoms with Gasteiger partial charge < -0.3 is 10.1 Å². The molecule has 0 saturated heterocycles. The number of rotatable bonds is 5. The molecule has 3 nitrogen and oxygen atoms in total. The molecule has 0 fully saturated rings. The third kappa shape index (κ3) is 3.89. The Hall–Kier alpha value is -2.68. The van der Waals surface area contributed by atoms with Crippen LogP contribution in [0, 0.1) is 28.8 Å². The van der Waals surface area contributed by atoms with E-state index in [-0.39, 0.29) is 18.7 Å². The minimum atomic E-state index is -1.48. The van der Waals surface area contributed by atoms with Crippen LogP contribution < -0.4 is 10.1 Å². The first-order valence-electron chi connectivity index (χ1n) is 6.07. The zero-order valence-electron chi connectivity index (χ0n) is 10.9. The van der Waals surface area contributed by atoms with Gasteiger partial charge in [-0.1, -0.05) is 6.07 Å². The van der Waals surface area contributed by atoms with Crippen LogP contribution in [0.5, 0.6) is 5.75 Å². The molecule has 0 saturated carbocycles. The number of benzene rings is 2. The lowest BCUT2D eigenvalue weighted by atomic mass is 10.2. The third-order valence-electron chi connectivity index (χ3n) is 2.68. The predicted octanol–water partition coefficient (Wildman–Crippen LogP) is 3.62. The van der Waals surface area contributed by atoms with Crippen molar-refractivity contribution < 1.29 is 17.9 Å². The molecule has 2 aromatic carbocycles. The van der Waals surface area contributed by atoms with E-state index in [9.17, 15) is 13.2 Å². The van der Waals surface area contributed by atoms with Gasteiger partial charge in [-0.15, -0.1) is 0 Å². The van der Waals surface area contributed by atoms with Crippen LogP contribution in [0.4, 0.5) is 18.9 Å². The highest BCUT2D eigenvalue weighted by molar-refractivity contribution is 5.48. The lowest BCUT2D eigenvalue weighted by molar-refractivity contribution is 0.368. The lowest BCUT2D eigenvalue weighted by Crippen LogP contribution is -2.03. The Bertz CT molecular complexity index is 660. The normalized spacial score (nSPS) is 10.0. The summed E-state index contributed by atoms with van der Waals surface area (Å²) in [6, 6.07) is 10.5. The number of hydrogen-bond acceptors (Lipinski definition) is 3.